The Hall–Kier alpha value is -0.0800. The summed E-state index contributed by atoms with van der Waals surface area (Å²) in [4.78, 5) is 0. The number of hydrogen-bond donors (Lipinski definition) is 2. The number of hydrogen-bond acceptors (Lipinski definition) is 2. The maximum atomic E-state index is 8.47. The molecule has 1 fully saturated rings. The Morgan fingerprint density at radius 1 is 1.00 bits per heavy atom. The third-order valence-electron chi connectivity index (χ3n) is 1.20. The maximum absolute atomic E-state index is 8.47. The Bertz CT molecular complexity index is 45.5. The van der Waals surface area contributed by atoms with Gasteiger partial charge in [-0.2, -0.15) is 0 Å². The van der Waals surface area contributed by atoms with Crippen molar-refractivity contribution in [3.63, 3.8) is 0 Å². The molecule has 0 bridgehead atoms. The van der Waals surface area contributed by atoms with Crippen LogP contribution in [-0.4, -0.2) is 22.4 Å². The average Bonchev–Trinajstić information content (AvgIpc) is 1.61. The summed E-state index contributed by atoms with van der Waals surface area (Å²) >= 11 is 0. The lowest BCUT2D eigenvalue weighted by molar-refractivity contribution is -0.0519. The van der Waals surface area contributed by atoms with Crippen molar-refractivity contribution < 1.29 is 10.2 Å². The highest BCUT2D eigenvalue weighted by atomic mass is 16.3. The maximum Gasteiger partial charge on any atom is 0.0800 e. The van der Waals surface area contributed by atoms with Gasteiger partial charge in [0.05, 0.1) is 12.2 Å². The van der Waals surface area contributed by atoms with Gasteiger partial charge in [-0.15, -0.1) is 0 Å². The van der Waals surface area contributed by atoms with Crippen LogP contribution in [0, 0.1) is 0 Å². The van der Waals surface area contributed by atoms with Crippen molar-refractivity contribution in [2.75, 3.05) is 0 Å². The Labute approximate surface area is 36.4 Å². The minimum Gasteiger partial charge on any atom is -0.390 e. The van der Waals surface area contributed by atoms with Crippen molar-refractivity contribution in [3.05, 3.63) is 0 Å². The van der Waals surface area contributed by atoms with Crippen LogP contribution in [0.3, 0.4) is 0 Å². The van der Waals surface area contributed by atoms with E-state index < -0.39 is 12.2 Å². The molecule has 2 N–H and O–H groups in total. The summed E-state index contributed by atoms with van der Waals surface area (Å²) in [7, 11) is 0. The molecule has 0 saturated heterocycles. The summed E-state index contributed by atoms with van der Waals surface area (Å²) in [5.41, 5.74) is 0. The molecule has 1 unspecified atom stereocenters. The molecule has 0 spiro atoms. The highest BCUT2D eigenvalue weighted by Crippen LogP contribution is 2.18. The van der Waals surface area contributed by atoms with Crippen LogP contribution in [0.4, 0.5) is 0 Å². The predicted octanol–water partition coefficient (Wildman–Crippen LogP) is -0.498. The summed E-state index contributed by atoms with van der Waals surface area (Å²) in [6.07, 6.45) is 0.734. The van der Waals surface area contributed by atoms with Crippen LogP contribution in [0.15, 0.2) is 0 Å². The van der Waals surface area contributed by atoms with Gasteiger partial charge in [0.25, 0.3) is 0 Å². The van der Waals surface area contributed by atoms with Crippen molar-refractivity contribution in [1.82, 2.24) is 0 Å². The molecule has 1 aliphatic rings. The van der Waals surface area contributed by atoms with E-state index in [-0.39, 0.29) is 0 Å². The largest absolute Gasteiger partial charge is 0.390 e. The second kappa shape index (κ2) is 1.21. The summed E-state index contributed by atoms with van der Waals surface area (Å²) in [6, 6.07) is 0. The Morgan fingerprint density at radius 3 is 1.33 bits per heavy atom. The molecule has 0 amide bonds. The molecule has 2 heteroatoms. The van der Waals surface area contributed by atoms with Crippen molar-refractivity contribution in [1.29, 1.82) is 0 Å². The Morgan fingerprint density at radius 2 is 1.33 bits per heavy atom. The zero-order valence-corrected chi connectivity index (χ0v) is 3.46. The van der Waals surface area contributed by atoms with Gasteiger partial charge < -0.3 is 10.2 Å². The monoisotopic (exact) mass is 88.1 g/mol. The molecule has 0 radical (unpaired) electrons. The quantitative estimate of drug-likeness (QED) is 0.419. The van der Waals surface area contributed by atoms with Crippen LogP contribution in [0.1, 0.15) is 12.8 Å². The smallest absolute Gasteiger partial charge is 0.0800 e. The third kappa shape index (κ3) is 0.420. The lowest BCUT2D eigenvalue weighted by Gasteiger charge is -2.26. The first-order valence-corrected chi connectivity index (χ1v) is 2.17. The van der Waals surface area contributed by atoms with Gasteiger partial charge >= 0.3 is 0 Å². The van der Waals surface area contributed by atoms with E-state index in [1.54, 1.807) is 0 Å². The predicted molar refractivity (Wildman–Crippen MR) is 21.2 cm³/mol. The van der Waals surface area contributed by atoms with E-state index in [1.165, 1.54) is 0 Å². The normalized spacial score (nSPS) is 45.0. The fourth-order valence-corrected chi connectivity index (χ4v) is 0.465. The molecule has 2 nitrogen and oxygen atoms in total. The second-order valence-corrected chi connectivity index (χ2v) is 1.71. The molecule has 6 heavy (non-hydrogen) atoms. The van der Waals surface area contributed by atoms with Crippen LogP contribution >= 0.6 is 0 Å². The van der Waals surface area contributed by atoms with Gasteiger partial charge in [-0.1, -0.05) is 0 Å². The van der Waals surface area contributed by atoms with Crippen molar-refractivity contribution in [3.8, 4) is 0 Å². The van der Waals surface area contributed by atoms with Gasteiger partial charge in [-0.3, -0.25) is 0 Å². The van der Waals surface area contributed by atoms with Gasteiger partial charge in [0.1, 0.15) is 0 Å². The van der Waals surface area contributed by atoms with Gasteiger partial charge in [-0.05, 0) is 12.8 Å². The topological polar surface area (TPSA) is 40.5 Å². The van der Waals surface area contributed by atoms with Crippen LogP contribution in [-0.2, 0) is 0 Å². The molecule has 0 aromatic rings. The Kier molecular flexibility index (Phi) is 0.821. The van der Waals surface area contributed by atoms with Crippen molar-refractivity contribution in [2.45, 2.75) is 25.0 Å². The van der Waals surface area contributed by atoms with E-state index in [4.69, 9.17) is 10.2 Å². The van der Waals surface area contributed by atoms with Crippen LogP contribution < -0.4 is 0 Å². The lowest BCUT2D eigenvalue weighted by atomic mass is 9.93. The molecular weight excluding hydrogens is 80.0 g/mol. The van der Waals surface area contributed by atoms with Gasteiger partial charge in [0, 0.05) is 0 Å². The molecule has 0 heterocycles. The molecule has 0 aromatic carbocycles. The molecule has 1 rings (SSSR count). The van der Waals surface area contributed by atoms with Crippen LogP contribution in [0.5, 0.6) is 0 Å². The first-order valence-electron chi connectivity index (χ1n) is 2.17. The fourth-order valence-electron chi connectivity index (χ4n) is 0.465. The molecular formula is C4H8O2. The van der Waals surface area contributed by atoms with E-state index >= 15 is 0 Å². The summed E-state index contributed by atoms with van der Waals surface area (Å²) in [5, 5.41) is 16.9. The third-order valence-corrected chi connectivity index (χ3v) is 1.20. The molecule has 36 valence electrons. The minimum absolute atomic E-state index is 0.412. The first kappa shape index (κ1) is 4.09. The number of rotatable bonds is 0. The van der Waals surface area contributed by atoms with Gasteiger partial charge in [-0.25, -0.2) is 0 Å². The van der Waals surface area contributed by atoms with E-state index in [0.717, 1.165) is 12.8 Å². The molecule has 1 aliphatic carbocycles. The minimum atomic E-state index is -0.412. The van der Waals surface area contributed by atoms with Gasteiger partial charge in [0.2, 0.25) is 0 Å². The lowest BCUT2D eigenvalue weighted by Crippen LogP contribution is -2.35. The van der Waals surface area contributed by atoms with Crippen molar-refractivity contribution in [2.24, 2.45) is 0 Å². The SMILES string of the molecule is OC1CC[C@H]1O. The zero-order valence-electron chi connectivity index (χ0n) is 3.46. The standard InChI is InChI=1S/C4H8O2/c5-3-1-2-4(3)6/h3-6H,1-2H2/t3-,4?/m1/s1. The summed E-state index contributed by atoms with van der Waals surface area (Å²) < 4.78 is 0. The molecule has 1 saturated carbocycles. The number of aliphatic hydroxyl groups excluding tert-OH is 2. The van der Waals surface area contributed by atoms with Gasteiger partial charge in [0.15, 0.2) is 0 Å². The molecule has 0 aliphatic heterocycles. The van der Waals surface area contributed by atoms with E-state index in [1.807, 2.05) is 0 Å². The number of aliphatic hydroxyl groups is 2. The van der Waals surface area contributed by atoms with E-state index in [2.05, 4.69) is 0 Å². The van der Waals surface area contributed by atoms with E-state index in [0.29, 0.717) is 0 Å². The van der Waals surface area contributed by atoms with Crippen LogP contribution in [0.2, 0.25) is 0 Å². The fraction of sp³-hybridized carbons (Fsp3) is 1.00. The second-order valence-electron chi connectivity index (χ2n) is 1.71. The van der Waals surface area contributed by atoms with Crippen LogP contribution in [0.25, 0.3) is 0 Å². The first-order chi connectivity index (χ1) is 2.80. The molecule has 0 aromatic heterocycles. The summed E-state index contributed by atoms with van der Waals surface area (Å²) in [6.45, 7) is 0. The summed E-state index contributed by atoms with van der Waals surface area (Å²) in [5.74, 6) is 0. The van der Waals surface area contributed by atoms with Crippen molar-refractivity contribution >= 4 is 0 Å². The molecule has 2 atom stereocenters. The average molecular weight is 88.1 g/mol. The van der Waals surface area contributed by atoms with E-state index in [9.17, 15) is 0 Å². The highest BCUT2D eigenvalue weighted by Gasteiger charge is 2.25. The zero-order chi connectivity index (χ0) is 4.57. The Balaban J connectivity index is 2.20. The highest BCUT2D eigenvalue weighted by molar-refractivity contribution is 4.77.